The summed E-state index contributed by atoms with van der Waals surface area (Å²) in [6.07, 6.45) is 0. The molecule has 1 aromatic carbocycles. The number of benzene rings is 1. The minimum absolute atomic E-state index is 0.390. The zero-order chi connectivity index (χ0) is 15.6. The summed E-state index contributed by atoms with van der Waals surface area (Å²) >= 11 is 4.66. The molecule has 0 spiro atoms. The van der Waals surface area contributed by atoms with Crippen molar-refractivity contribution in [2.45, 2.75) is 31.5 Å². The molecule has 6 heteroatoms. The first-order valence-corrected chi connectivity index (χ1v) is 9.71. The van der Waals surface area contributed by atoms with Crippen molar-refractivity contribution in [3.63, 3.8) is 0 Å². The zero-order valence-corrected chi connectivity index (χ0v) is 15.5. The van der Waals surface area contributed by atoms with Gasteiger partial charge >= 0.3 is 0 Å². The third-order valence-electron chi connectivity index (χ3n) is 3.22. The zero-order valence-electron chi connectivity index (χ0n) is 12.3. The first kappa shape index (κ1) is 16.7. The summed E-state index contributed by atoms with van der Waals surface area (Å²) in [5.74, 6) is 0. The molecular weight excluding hydrogens is 370 g/mol. The quantitative estimate of drug-likeness (QED) is 0.764. The Morgan fingerprint density at radius 1 is 1.24 bits per heavy atom. The Labute approximate surface area is 138 Å². The van der Waals surface area contributed by atoms with Gasteiger partial charge in [0.1, 0.15) is 4.21 Å². The molecule has 0 fully saturated rings. The summed E-state index contributed by atoms with van der Waals surface area (Å²) in [5, 5.41) is 0. The second-order valence-corrected chi connectivity index (χ2v) is 9.48. The average molecular weight is 388 g/mol. The van der Waals surface area contributed by atoms with Gasteiger partial charge in [-0.1, -0.05) is 36.8 Å². The van der Waals surface area contributed by atoms with E-state index < -0.39 is 10.0 Å². The molecule has 0 saturated carbocycles. The molecule has 0 saturated heterocycles. The predicted octanol–water partition coefficient (Wildman–Crippen LogP) is 4.34. The molecule has 0 unspecified atom stereocenters. The monoisotopic (exact) mass is 387 g/mol. The maximum atomic E-state index is 12.7. The van der Waals surface area contributed by atoms with E-state index in [1.165, 1.54) is 15.6 Å². The molecule has 0 N–H and O–H groups in total. The van der Waals surface area contributed by atoms with Gasteiger partial charge in [-0.05, 0) is 47.0 Å². The number of sulfonamides is 1. The highest BCUT2D eigenvalue weighted by Crippen LogP contribution is 2.32. The van der Waals surface area contributed by atoms with Crippen LogP contribution in [0.1, 0.15) is 23.6 Å². The lowest BCUT2D eigenvalue weighted by molar-refractivity contribution is 0.424. The molecule has 2 aromatic rings. The van der Waals surface area contributed by atoms with Crippen molar-refractivity contribution in [1.29, 1.82) is 0 Å². The smallest absolute Gasteiger partial charge is 0.206 e. The molecule has 0 aliphatic rings. The molecule has 1 heterocycles. The second-order valence-electron chi connectivity index (χ2n) is 4.94. The molecule has 0 amide bonds. The van der Waals surface area contributed by atoms with E-state index in [4.69, 9.17) is 0 Å². The van der Waals surface area contributed by atoms with Gasteiger partial charge in [-0.2, -0.15) is 4.31 Å². The van der Waals surface area contributed by atoms with Crippen LogP contribution in [0.5, 0.6) is 0 Å². The van der Waals surface area contributed by atoms with E-state index in [9.17, 15) is 8.42 Å². The van der Waals surface area contributed by atoms with Crippen molar-refractivity contribution in [2.24, 2.45) is 0 Å². The van der Waals surface area contributed by atoms with Gasteiger partial charge < -0.3 is 0 Å². The van der Waals surface area contributed by atoms with Gasteiger partial charge in [0.15, 0.2) is 0 Å². The van der Waals surface area contributed by atoms with Gasteiger partial charge in [-0.25, -0.2) is 8.42 Å². The topological polar surface area (TPSA) is 37.4 Å². The van der Waals surface area contributed by atoms with E-state index in [0.717, 1.165) is 20.5 Å². The Bertz CT molecular complexity index is 718. The molecule has 0 atom stereocenters. The van der Waals surface area contributed by atoms with Crippen molar-refractivity contribution < 1.29 is 8.42 Å². The lowest BCUT2D eigenvalue weighted by Gasteiger charge is -2.19. The van der Waals surface area contributed by atoms with E-state index in [2.05, 4.69) is 15.9 Å². The lowest BCUT2D eigenvalue weighted by atomic mass is 10.1. The number of aryl methyl sites for hydroxylation is 2. The molecular formula is C15H18BrNO2S2. The third kappa shape index (κ3) is 3.74. The summed E-state index contributed by atoms with van der Waals surface area (Å²) in [6.45, 7) is 6.62. The average Bonchev–Trinajstić information content (AvgIpc) is 2.76. The number of halogens is 1. The Morgan fingerprint density at radius 3 is 2.48 bits per heavy atom. The third-order valence-corrected chi connectivity index (χ3v) is 7.73. The highest BCUT2D eigenvalue weighted by molar-refractivity contribution is 9.11. The lowest BCUT2D eigenvalue weighted by Crippen LogP contribution is -2.29. The van der Waals surface area contributed by atoms with Crippen molar-refractivity contribution >= 4 is 37.3 Å². The van der Waals surface area contributed by atoms with Crippen LogP contribution in [-0.4, -0.2) is 19.3 Å². The van der Waals surface area contributed by atoms with Crippen molar-refractivity contribution in [3.8, 4) is 0 Å². The number of hydrogen-bond donors (Lipinski definition) is 0. The van der Waals surface area contributed by atoms with Crippen molar-refractivity contribution in [3.05, 3.63) is 50.8 Å². The number of thiophene rings is 1. The SMILES string of the molecule is CCN(Cc1cccc(C)c1)S(=O)(=O)c1cc(C)c(Br)s1. The molecule has 2 rings (SSSR count). The summed E-state index contributed by atoms with van der Waals surface area (Å²) in [7, 11) is -3.44. The van der Waals surface area contributed by atoms with E-state index >= 15 is 0 Å². The fourth-order valence-electron chi connectivity index (χ4n) is 2.07. The molecule has 0 aliphatic heterocycles. The molecule has 0 radical (unpaired) electrons. The molecule has 0 bridgehead atoms. The minimum Gasteiger partial charge on any atom is -0.206 e. The van der Waals surface area contributed by atoms with E-state index in [-0.39, 0.29) is 0 Å². The van der Waals surface area contributed by atoms with Gasteiger partial charge in [0.2, 0.25) is 0 Å². The number of rotatable bonds is 5. The van der Waals surface area contributed by atoms with Crippen LogP contribution in [0.4, 0.5) is 0 Å². The summed E-state index contributed by atoms with van der Waals surface area (Å²) in [5.41, 5.74) is 3.09. The summed E-state index contributed by atoms with van der Waals surface area (Å²) in [6, 6.07) is 9.67. The molecule has 0 aliphatic carbocycles. The number of nitrogens with zero attached hydrogens (tertiary/aromatic N) is 1. The largest absolute Gasteiger partial charge is 0.252 e. The van der Waals surface area contributed by atoms with Gasteiger partial charge in [0, 0.05) is 13.1 Å². The van der Waals surface area contributed by atoms with Gasteiger partial charge in [-0.15, -0.1) is 11.3 Å². The standard InChI is InChI=1S/C15H18BrNO2S2/c1-4-17(10-13-7-5-6-11(2)8-13)21(18,19)14-9-12(3)15(16)20-14/h5-9H,4,10H2,1-3H3. The Balaban J connectivity index is 2.31. The second kappa shape index (κ2) is 6.60. The van der Waals surface area contributed by atoms with Crippen LogP contribution in [0.3, 0.4) is 0 Å². The van der Waals surface area contributed by atoms with Gasteiger partial charge in [-0.3, -0.25) is 0 Å². The fraction of sp³-hybridized carbons (Fsp3) is 0.333. The van der Waals surface area contributed by atoms with Crippen LogP contribution >= 0.6 is 27.3 Å². The molecule has 114 valence electrons. The first-order valence-electron chi connectivity index (χ1n) is 6.66. The van der Waals surface area contributed by atoms with Crippen LogP contribution in [0.25, 0.3) is 0 Å². The maximum Gasteiger partial charge on any atom is 0.252 e. The van der Waals surface area contributed by atoms with E-state index in [1.807, 2.05) is 45.0 Å². The number of hydrogen-bond acceptors (Lipinski definition) is 3. The highest BCUT2D eigenvalue weighted by atomic mass is 79.9. The Kier molecular flexibility index (Phi) is 5.24. The summed E-state index contributed by atoms with van der Waals surface area (Å²) < 4.78 is 28.2. The van der Waals surface area contributed by atoms with E-state index in [1.54, 1.807) is 6.07 Å². The van der Waals surface area contributed by atoms with Crippen LogP contribution < -0.4 is 0 Å². The fourth-order valence-corrected chi connectivity index (χ4v) is 5.88. The molecule has 1 aromatic heterocycles. The Hall–Kier alpha value is -0.690. The minimum atomic E-state index is -3.44. The summed E-state index contributed by atoms with van der Waals surface area (Å²) in [4.78, 5) is 0. The van der Waals surface area contributed by atoms with Crippen LogP contribution in [0.15, 0.2) is 38.3 Å². The normalized spacial score (nSPS) is 12.0. The van der Waals surface area contributed by atoms with Crippen molar-refractivity contribution in [1.82, 2.24) is 4.31 Å². The van der Waals surface area contributed by atoms with Crippen LogP contribution in [0, 0.1) is 13.8 Å². The van der Waals surface area contributed by atoms with Crippen LogP contribution in [-0.2, 0) is 16.6 Å². The van der Waals surface area contributed by atoms with Crippen LogP contribution in [0.2, 0.25) is 0 Å². The van der Waals surface area contributed by atoms with Gasteiger partial charge in [0.05, 0.1) is 3.79 Å². The predicted molar refractivity (Wildman–Crippen MR) is 91.2 cm³/mol. The molecule has 3 nitrogen and oxygen atoms in total. The van der Waals surface area contributed by atoms with Gasteiger partial charge in [0.25, 0.3) is 10.0 Å². The van der Waals surface area contributed by atoms with E-state index in [0.29, 0.717) is 17.3 Å². The molecule has 21 heavy (non-hydrogen) atoms. The Morgan fingerprint density at radius 2 is 1.95 bits per heavy atom. The maximum absolute atomic E-state index is 12.7. The highest BCUT2D eigenvalue weighted by Gasteiger charge is 2.25. The first-order chi connectivity index (χ1) is 9.84. The van der Waals surface area contributed by atoms with Crippen molar-refractivity contribution in [2.75, 3.05) is 6.54 Å².